The molecule has 2 bridgehead atoms. The van der Waals surface area contributed by atoms with Gasteiger partial charge in [0.25, 0.3) is 0 Å². The number of rotatable bonds is 8. The first-order chi connectivity index (χ1) is 16.1. The number of carbonyl (C=O) groups is 1. The van der Waals surface area contributed by atoms with Gasteiger partial charge in [-0.2, -0.15) is 0 Å². The summed E-state index contributed by atoms with van der Waals surface area (Å²) in [5.74, 6) is 2.49. The maximum Gasteiger partial charge on any atom is 0.250 e. The van der Waals surface area contributed by atoms with E-state index in [2.05, 4.69) is 46.4 Å². The zero-order valence-electron chi connectivity index (χ0n) is 19.2. The lowest BCUT2D eigenvalue weighted by Gasteiger charge is -2.50. The van der Waals surface area contributed by atoms with E-state index in [0.717, 1.165) is 36.1 Å². The largest absolute Gasteiger partial charge is 0.438 e. The maximum absolute atomic E-state index is 11.3. The van der Waals surface area contributed by atoms with Crippen LogP contribution in [0.3, 0.4) is 0 Å². The molecule has 6 rings (SSSR count). The standard InChI is InChI=1S/C27H32N4O2/c1-2-18-17-31-12-11-19(18)13-22(31)16-29-14-20-7-9-25(24-6-4-3-5-23(20)24)33-26-10-8-21(15-30-26)27(28)32/h3-10,15,18-19,22,29H,2,11-14,16-17H2,1H3,(H2,28,32)/t18-,19?,22?/m0/s1. The highest BCUT2D eigenvalue weighted by atomic mass is 16.5. The Morgan fingerprint density at radius 2 is 2.03 bits per heavy atom. The van der Waals surface area contributed by atoms with Crippen molar-refractivity contribution in [1.29, 1.82) is 0 Å². The first-order valence-corrected chi connectivity index (χ1v) is 12.0. The molecule has 0 radical (unpaired) electrons. The maximum atomic E-state index is 11.3. The van der Waals surface area contributed by atoms with Gasteiger partial charge in [0.2, 0.25) is 11.8 Å². The summed E-state index contributed by atoms with van der Waals surface area (Å²) in [4.78, 5) is 18.2. The molecule has 3 aromatic rings. The van der Waals surface area contributed by atoms with Crippen LogP contribution < -0.4 is 15.8 Å². The van der Waals surface area contributed by atoms with E-state index in [1.807, 2.05) is 12.1 Å². The number of hydrogen-bond donors (Lipinski definition) is 2. The second-order valence-corrected chi connectivity index (χ2v) is 9.35. The fourth-order valence-electron chi connectivity index (χ4n) is 5.57. The molecule has 3 fully saturated rings. The van der Waals surface area contributed by atoms with E-state index in [1.54, 1.807) is 12.1 Å². The average Bonchev–Trinajstić information content (AvgIpc) is 2.86. The molecule has 6 heteroatoms. The van der Waals surface area contributed by atoms with Crippen molar-refractivity contribution in [3.8, 4) is 11.6 Å². The molecule has 1 amide bonds. The van der Waals surface area contributed by atoms with E-state index in [0.29, 0.717) is 17.5 Å². The Morgan fingerprint density at radius 3 is 2.73 bits per heavy atom. The lowest BCUT2D eigenvalue weighted by Crippen LogP contribution is -2.56. The molecule has 1 aromatic heterocycles. The number of ether oxygens (including phenoxy) is 1. The first kappa shape index (κ1) is 21.9. The van der Waals surface area contributed by atoms with Gasteiger partial charge in [0.1, 0.15) is 5.75 Å². The lowest BCUT2D eigenvalue weighted by atomic mass is 9.74. The van der Waals surface area contributed by atoms with Crippen LogP contribution in [0.15, 0.2) is 54.7 Å². The lowest BCUT2D eigenvalue weighted by molar-refractivity contribution is 0.000341. The van der Waals surface area contributed by atoms with E-state index >= 15 is 0 Å². The molecule has 3 N–H and O–H groups in total. The number of carbonyl (C=O) groups excluding carboxylic acids is 1. The van der Waals surface area contributed by atoms with E-state index in [9.17, 15) is 4.79 Å². The van der Waals surface area contributed by atoms with Crippen LogP contribution in [0, 0.1) is 11.8 Å². The molecule has 0 spiro atoms. The Labute approximate surface area is 195 Å². The zero-order chi connectivity index (χ0) is 22.8. The first-order valence-electron chi connectivity index (χ1n) is 12.0. The van der Waals surface area contributed by atoms with Crippen LogP contribution >= 0.6 is 0 Å². The molecule has 172 valence electrons. The summed E-state index contributed by atoms with van der Waals surface area (Å²) < 4.78 is 6.04. The molecular weight excluding hydrogens is 412 g/mol. The van der Waals surface area contributed by atoms with Crippen LogP contribution in [0.25, 0.3) is 10.8 Å². The third-order valence-corrected chi connectivity index (χ3v) is 7.44. The number of hydrogen-bond acceptors (Lipinski definition) is 5. The van der Waals surface area contributed by atoms with Gasteiger partial charge in [-0.1, -0.05) is 43.7 Å². The molecule has 0 saturated carbocycles. The van der Waals surface area contributed by atoms with Crippen LogP contribution in [0.4, 0.5) is 0 Å². The summed E-state index contributed by atoms with van der Waals surface area (Å²) in [5.41, 5.74) is 6.92. The van der Waals surface area contributed by atoms with Crippen LogP contribution in [0.5, 0.6) is 11.6 Å². The van der Waals surface area contributed by atoms with Crippen molar-refractivity contribution in [3.63, 3.8) is 0 Å². The predicted molar refractivity (Wildman–Crippen MR) is 130 cm³/mol. The molecule has 3 aliphatic rings. The van der Waals surface area contributed by atoms with Crippen molar-refractivity contribution >= 4 is 16.7 Å². The normalized spacial score (nSPS) is 24.2. The van der Waals surface area contributed by atoms with Crippen molar-refractivity contribution < 1.29 is 9.53 Å². The second kappa shape index (κ2) is 9.49. The molecule has 3 saturated heterocycles. The number of benzene rings is 2. The van der Waals surface area contributed by atoms with E-state index < -0.39 is 5.91 Å². The minimum atomic E-state index is -0.501. The zero-order valence-corrected chi connectivity index (χ0v) is 19.2. The molecule has 0 aliphatic carbocycles. The SMILES string of the molecule is CC[C@H]1CN2CCC1CC2CNCc1ccc(Oc2ccc(C(N)=O)cn2)c2ccccc12. The fraction of sp³-hybridized carbons (Fsp3) is 0.407. The molecule has 3 aliphatic heterocycles. The highest BCUT2D eigenvalue weighted by Gasteiger charge is 2.38. The topological polar surface area (TPSA) is 80.5 Å². The van der Waals surface area contributed by atoms with Crippen LogP contribution in [-0.2, 0) is 6.54 Å². The third-order valence-electron chi connectivity index (χ3n) is 7.44. The minimum Gasteiger partial charge on any atom is -0.438 e. The molecule has 2 aromatic carbocycles. The number of pyridine rings is 1. The predicted octanol–water partition coefficient (Wildman–Crippen LogP) is 4.34. The number of fused-ring (bicyclic) bond motifs is 4. The molecule has 4 heterocycles. The average molecular weight is 445 g/mol. The monoisotopic (exact) mass is 444 g/mol. The molecule has 33 heavy (non-hydrogen) atoms. The number of aromatic nitrogens is 1. The summed E-state index contributed by atoms with van der Waals surface area (Å²) >= 11 is 0. The summed E-state index contributed by atoms with van der Waals surface area (Å²) in [6.45, 7) is 6.74. The van der Waals surface area contributed by atoms with Crippen molar-refractivity contribution in [2.24, 2.45) is 17.6 Å². The summed E-state index contributed by atoms with van der Waals surface area (Å²) in [6.07, 6.45) is 5.46. The third kappa shape index (κ3) is 4.59. The van der Waals surface area contributed by atoms with Crippen LogP contribution in [0.2, 0.25) is 0 Å². The number of amides is 1. The van der Waals surface area contributed by atoms with Crippen molar-refractivity contribution in [2.75, 3.05) is 19.6 Å². The Kier molecular flexibility index (Phi) is 6.29. The van der Waals surface area contributed by atoms with E-state index in [1.165, 1.54) is 49.5 Å². The summed E-state index contributed by atoms with van der Waals surface area (Å²) in [5, 5.41) is 5.95. The van der Waals surface area contributed by atoms with Gasteiger partial charge in [0.05, 0.1) is 5.56 Å². The summed E-state index contributed by atoms with van der Waals surface area (Å²) in [7, 11) is 0. The number of piperidine rings is 3. The van der Waals surface area contributed by atoms with Crippen LogP contribution in [-0.4, -0.2) is 41.5 Å². The number of primary amides is 1. The summed E-state index contributed by atoms with van der Waals surface area (Å²) in [6, 6.07) is 16.4. The van der Waals surface area contributed by atoms with E-state index in [4.69, 9.17) is 10.5 Å². The Balaban J connectivity index is 1.27. The van der Waals surface area contributed by atoms with E-state index in [-0.39, 0.29) is 0 Å². The van der Waals surface area contributed by atoms with Gasteiger partial charge in [0.15, 0.2) is 0 Å². The minimum absolute atomic E-state index is 0.362. The fourth-order valence-corrected chi connectivity index (χ4v) is 5.57. The highest BCUT2D eigenvalue weighted by molar-refractivity contribution is 5.92. The molecule has 4 atom stereocenters. The van der Waals surface area contributed by atoms with Gasteiger partial charge in [-0.3, -0.25) is 9.69 Å². The van der Waals surface area contributed by atoms with Gasteiger partial charge >= 0.3 is 0 Å². The van der Waals surface area contributed by atoms with Crippen LogP contribution in [0.1, 0.15) is 42.1 Å². The van der Waals surface area contributed by atoms with Gasteiger partial charge in [-0.05, 0) is 54.3 Å². The number of nitrogens with zero attached hydrogens (tertiary/aromatic N) is 2. The van der Waals surface area contributed by atoms with Gasteiger partial charge in [-0.15, -0.1) is 0 Å². The molecule has 3 unspecified atom stereocenters. The molecular formula is C27H32N4O2. The Bertz CT molecular complexity index is 1130. The van der Waals surface area contributed by atoms with Gasteiger partial charge < -0.3 is 15.8 Å². The van der Waals surface area contributed by atoms with Crippen molar-refractivity contribution in [1.82, 2.24) is 15.2 Å². The van der Waals surface area contributed by atoms with Crippen molar-refractivity contribution in [3.05, 3.63) is 65.9 Å². The van der Waals surface area contributed by atoms with Crippen molar-refractivity contribution in [2.45, 2.75) is 38.8 Å². The van der Waals surface area contributed by atoms with Gasteiger partial charge in [-0.25, -0.2) is 4.98 Å². The second-order valence-electron chi connectivity index (χ2n) is 9.35. The number of nitrogens with one attached hydrogen (secondary N) is 1. The smallest absolute Gasteiger partial charge is 0.250 e. The Hall–Kier alpha value is -2.96. The number of nitrogens with two attached hydrogens (primary N) is 1. The Morgan fingerprint density at radius 1 is 1.18 bits per heavy atom. The van der Waals surface area contributed by atoms with Gasteiger partial charge in [0, 0.05) is 43.3 Å². The highest BCUT2D eigenvalue weighted by Crippen LogP contribution is 2.37. The molecule has 6 nitrogen and oxygen atoms in total. The quantitative estimate of drug-likeness (QED) is 0.540.